The number of carbonyl (C=O) groups is 3. The molecular weight excluding hydrogens is 603 g/mol. The molecule has 3 unspecified atom stereocenters. The van der Waals surface area contributed by atoms with Crippen LogP contribution in [0, 0.1) is 5.92 Å². The summed E-state index contributed by atoms with van der Waals surface area (Å²) in [6.07, 6.45) is 4.79. The summed E-state index contributed by atoms with van der Waals surface area (Å²) >= 11 is 12.5. The number of ether oxygens (including phenoxy) is 1. The minimum atomic E-state index is -0.832. The zero-order valence-electron chi connectivity index (χ0n) is 27.9. The number of amides is 3. The van der Waals surface area contributed by atoms with E-state index in [1.54, 1.807) is 39.0 Å². The molecule has 0 radical (unpaired) electrons. The van der Waals surface area contributed by atoms with Crippen molar-refractivity contribution in [2.75, 3.05) is 39.3 Å². The Labute approximate surface area is 275 Å². The fourth-order valence-corrected chi connectivity index (χ4v) is 5.68. The zero-order chi connectivity index (χ0) is 33.3. The summed E-state index contributed by atoms with van der Waals surface area (Å²) in [6.45, 7) is 16.5. The normalized spacial score (nSPS) is 16.1. The Balaban J connectivity index is 0.00000474. The third kappa shape index (κ3) is 14.8. The molecule has 3 amide bonds. The first-order chi connectivity index (χ1) is 20.8. The van der Waals surface area contributed by atoms with Gasteiger partial charge in [-0.1, -0.05) is 69.3 Å². The third-order valence-corrected chi connectivity index (χ3v) is 8.19. The van der Waals surface area contributed by atoms with E-state index < -0.39 is 17.7 Å². The molecule has 1 aliphatic heterocycles. The summed E-state index contributed by atoms with van der Waals surface area (Å²) in [5.74, 6) is -0.338. The summed E-state index contributed by atoms with van der Waals surface area (Å²) < 4.78 is 5.22. The molecule has 11 heteroatoms. The van der Waals surface area contributed by atoms with Gasteiger partial charge in [-0.3, -0.25) is 14.5 Å². The monoisotopic (exact) mass is 658 g/mol. The molecule has 252 valence electrons. The number of unbranched alkanes of at least 4 members (excludes halogenated alkanes) is 2. The standard InChI is InChI=1S/C31H50Cl2N4O5.C2H6/c1-6-7-8-10-24(21-38)22(2)36-15-9-16-37(18-17-36)29(40)27(19-23-11-12-25(32)20-26(23)33)35-28(39)13-14-34-30(41)42-31(3,4)5;1-2/h11-12,20,22,24,27,38H,6-10,13-19,21H2,1-5H3,(H,34,41)(H,35,39);1-2H3. The molecule has 2 rings (SSSR count). The van der Waals surface area contributed by atoms with E-state index in [4.69, 9.17) is 27.9 Å². The first-order valence-corrected chi connectivity index (χ1v) is 16.9. The second kappa shape index (κ2) is 20.9. The van der Waals surface area contributed by atoms with Crippen LogP contribution in [0.4, 0.5) is 4.79 Å². The van der Waals surface area contributed by atoms with E-state index in [0.717, 1.165) is 38.6 Å². The minimum absolute atomic E-state index is 0.0107. The molecule has 0 bridgehead atoms. The van der Waals surface area contributed by atoms with E-state index in [1.165, 1.54) is 0 Å². The van der Waals surface area contributed by atoms with Crippen LogP contribution >= 0.6 is 23.2 Å². The second-order valence-corrected chi connectivity index (χ2v) is 13.0. The second-order valence-electron chi connectivity index (χ2n) is 12.1. The van der Waals surface area contributed by atoms with E-state index in [1.807, 2.05) is 18.7 Å². The number of carbonyl (C=O) groups excluding carboxylic acids is 3. The lowest BCUT2D eigenvalue weighted by Crippen LogP contribution is -2.51. The number of halogens is 2. The minimum Gasteiger partial charge on any atom is -0.444 e. The highest BCUT2D eigenvalue weighted by Crippen LogP contribution is 2.24. The van der Waals surface area contributed by atoms with Crippen LogP contribution < -0.4 is 10.6 Å². The molecule has 1 aromatic carbocycles. The average molecular weight is 660 g/mol. The average Bonchev–Trinajstić information content (AvgIpc) is 3.22. The molecule has 3 N–H and O–H groups in total. The number of rotatable bonds is 14. The van der Waals surface area contributed by atoms with Crippen molar-refractivity contribution in [2.45, 2.75) is 111 Å². The van der Waals surface area contributed by atoms with Gasteiger partial charge < -0.3 is 25.4 Å². The molecule has 9 nitrogen and oxygen atoms in total. The molecule has 1 heterocycles. The van der Waals surface area contributed by atoms with Gasteiger partial charge in [0.15, 0.2) is 0 Å². The Bertz CT molecular complexity index is 1020. The van der Waals surface area contributed by atoms with E-state index >= 15 is 0 Å². The molecule has 0 spiro atoms. The summed E-state index contributed by atoms with van der Waals surface area (Å²) in [5.41, 5.74) is 0.0607. The van der Waals surface area contributed by atoms with E-state index in [2.05, 4.69) is 29.4 Å². The molecule has 1 saturated heterocycles. The molecule has 3 atom stereocenters. The van der Waals surface area contributed by atoms with Gasteiger partial charge in [-0.25, -0.2) is 4.79 Å². The fourth-order valence-electron chi connectivity index (χ4n) is 5.19. The smallest absolute Gasteiger partial charge is 0.407 e. The van der Waals surface area contributed by atoms with Gasteiger partial charge in [0.1, 0.15) is 11.6 Å². The highest BCUT2D eigenvalue weighted by molar-refractivity contribution is 6.35. The predicted molar refractivity (Wildman–Crippen MR) is 179 cm³/mol. The van der Waals surface area contributed by atoms with Crippen LogP contribution in [0.2, 0.25) is 10.0 Å². The van der Waals surface area contributed by atoms with Gasteiger partial charge in [0.2, 0.25) is 11.8 Å². The van der Waals surface area contributed by atoms with Crippen LogP contribution in [0.15, 0.2) is 18.2 Å². The largest absolute Gasteiger partial charge is 0.444 e. The maximum atomic E-state index is 13.8. The van der Waals surface area contributed by atoms with Crippen LogP contribution in [0.1, 0.15) is 92.6 Å². The lowest BCUT2D eigenvalue weighted by Gasteiger charge is -2.33. The van der Waals surface area contributed by atoms with E-state index in [9.17, 15) is 19.5 Å². The zero-order valence-corrected chi connectivity index (χ0v) is 29.4. The fraction of sp³-hybridized carbons (Fsp3) is 0.727. The van der Waals surface area contributed by atoms with Crippen LogP contribution in [-0.4, -0.2) is 89.8 Å². The Morgan fingerprint density at radius 1 is 1.07 bits per heavy atom. The number of aliphatic hydroxyl groups is 1. The number of aliphatic hydroxyl groups excluding tert-OH is 1. The number of nitrogens with zero attached hydrogens (tertiary/aromatic N) is 2. The van der Waals surface area contributed by atoms with Crippen molar-refractivity contribution in [3.8, 4) is 0 Å². The topological polar surface area (TPSA) is 111 Å². The number of alkyl carbamates (subject to hydrolysis) is 1. The molecule has 44 heavy (non-hydrogen) atoms. The number of hydrogen-bond donors (Lipinski definition) is 3. The van der Waals surface area contributed by atoms with Gasteiger partial charge in [-0.15, -0.1) is 0 Å². The van der Waals surface area contributed by atoms with Crippen LogP contribution in [0.3, 0.4) is 0 Å². The first-order valence-electron chi connectivity index (χ1n) is 16.2. The lowest BCUT2D eigenvalue weighted by molar-refractivity contribution is -0.136. The Morgan fingerprint density at radius 2 is 1.77 bits per heavy atom. The third-order valence-electron chi connectivity index (χ3n) is 7.61. The Kier molecular flexibility index (Phi) is 18.9. The molecule has 0 aliphatic carbocycles. The maximum absolute atomic E-state index is 13.8. The Morgan fingerprint density at radius 3 is 2.39 bits per heavy atom. The van der Waals surface area contributed by atoms with Crippen molar-refractivity contribution in [3.05, 3.63) is 33.8 Å². The van der Waals surface area contributed by atoms with Crippen LogP contribution in [-0.2, 0) is 20.7 Å². The van der Waals surface area contributed by atoms with Gasteiger partial charge in [0, 0.05) is 68.3 Å². The molecule has 0 saturated carbocycles. The number of benzene rings is 1. The Hall–Kier alpha value is -2.07. The number of nitrogens with one attached hydrogen (secondary N) is 2. The van der Waals surface area contributed by atoms with Gasteiger partial charge in [-0.2, -0.15) is 0 Å². The van der Waals surface area contributed by atoms with Gasteiger partial charge in [-0.05, 0) is 64.2 Å². The van der Waals surface area contributed by atoms with Crippen molar-refractivity contribution in [2.24, 2.45) is 5.92 Å². The van der Waals surface area contributed by atoms with Crippen LogP contribution in [0.25, 0.3) is 0 Å². The molecule has 1 aliphatic rings. The van der Waals surface area contributed by atoms with Gasteiger partial charge in [0.05, 0.1) is 0 Å². The summed E-state index contributed by atoms with van der Waals surface area (Å²) in [6, 6.07) is 4.47. The molecular formula is C33H56Cl2N4O5. The maximum Gasteiger partial charge on any atom is 0.407 e. The number of hydrogen-bond acceptors (Lipinski definition) is 6. The summed E-state index contributed by atoms with van der Waals surface area (Å²) in [7, 11) is 0. The van der Waals surface area contributed by atoms with Crippen molar-refractivity contribution < 1.29 is 24.2 Å². The predicted octanol–water partition coefficient (Wildman–Crippen LogP) is 6.07. The lowest BCUT2D eigenvalue weighted by atomic mass is 9.94. The molecule has 0 aromatic heterocycles. The van der Waals surface area contributed by atoms with Crippen molar-refractivity contribution in [1.29, 1.82) is 0 Å². The van der Waals surface area contributed by atoms with Crippen LogP contribution in [0.5, 0.6) is 0 Å². The van der Waals surface area contributed by atoms with Gasteiger partial charge in [0.25, 0.3) is 0 Å². The highest BCUT2D eigenvalue weighted by atomic mass is 35.5. The summed E-state index contributed by atoms with van der Waals surface area (Å²) in [4.78, 5) is 42.9. The summed E-state index contributed by atoms with van der Waals surface area (Å²) in [5, 5.41) is 16.4. The van der Waals surface area contributed by atoms with Gasteiger partial charge >= 0.3 is 6.09 Å². The highest BCUT2D eigenvalue weighted by Gasteiger charge is 2.31. The molecule has 1 fully saturated rings. The quantitative estimate of drug-likeness (QED) is 0.209. The van der Waals surface area contributed by atoms with Crippen molar-refractivity contribution >= 4 is 41.1 Å². The molecule has 1 aromatic rings. The van der Waals surface area contributed by atoms with Crippen molar-refractivity contribution in [1.82, 2.24) is 20.4 Å². The van der Waals surface area contributed by atoms with Crippen molar-refractivity contribution in [3.63, 3.8) is 0 Å². The first kappa shape index (κ1) is 40.0. The SMILES string of the molecule is CC.CCCCCC(CO)C(C)N1CCCN(C(=O)C(Cc2ccc(Cl)cc2Cl)NC(=O)CCNC(=O)OC(C)(C)C)CC1. The van der Waals surface area contributed by atoms with E-state index in [0.29, 0.717) is 35.2 Å². The van der Waals surface area contributed by atoms with E-state index in [-0.39, 0.29) is 49.8 Å².